The van der Waals surface area contributed by atoms with Crippen molar-refractivity contribution in [3.8, 4) is 5.75 Å². The monoisotopic (exact) mass is 959 g/mol. The molecule has 6 N–H and O–H groups in total. The van der Waals surface area contributed by atoms with Crippen LogP contribution < -0.4 is 21.6 Å². The van der Waals surface area contributed by atoms with Gasteiger partial charge in [-0.1, -0.05) is 71.7 Å². The van der Waals surface area contributed by atoms with Crippen LogP contribution >= 0.6 is 23.2 Å². The molecular formula is C50H67Cl2N9O6. The van der Waals surface area contributed by atoms with Gasteiger partial charge < -0.3 is 49.8 Å². The maximum Gasteiger partial charge on any atom is 0.145 e. The van der Waals surface area contributed by atoms with Crippen molar-refractivity contribution in [1.29, 1.82) is 0 Å². The first-order chi connectivity index (χ1) is 32.7. The molecule has 5 aromatic rings. The number of nitrogens with two attached hydrogens (primary N) is 2. The first kappa shape index (κ1) is 51.8. The highest BCUT2D eigenvalue weighted by Gasteiger charge is 2.27. The average molecular weight is 961 g/mol. The highest BCUT2D eigenvalue weighted by atomic mass is 35.5. The van der Waals surface area contributed by atoms with Gasteiger partial charge in [0.25, 0.3) is 0 Å². The maximum absolute atomic E-state index is 9.14. The zero-order chi connectivity index (χ0) is 47.1. The first-order valence-corrected chi connectivity index (χ1v) is 23.8. The summed E-state index contributed by atoms with van der Waals surface area (Å²) >= 11 is 12.5. The Bertz CT molecular complexity index is 2150. The molecule has 0 unspecified atom stereocenters. The van der Waals surface area contributed by atoms with E-state index in [1.54, 1.807) is 30.5 Å². The molecule has 0 saturated carbocycles. The van der Waals surface area contributed by atoms with Crippen LogP contribution in [-0.2, 0) is 32.1 Å². The molecule has 362 valence electrons. The second-order valence-corrected chi connectivity index (χ2v) is 17.3. The van der Waals surface area contributed by atoms with E-state index in [-0.39, 0.29) is 19.3 Å². The number of nitrogens with one attached hydrogen (secondary N) is 1. The summed E-state index contributed by atoms with van der Waals surface area (Å²) < 4.78 is 28.3. The highest BCUT2D eigenvalue weighted by Crippen LogP contribution is 2.32. The number of halogens is 2. The SMILES string of the molecule is CN(CCCNc1nc(CN2CCN(C(c3ccc(Cl)cc3)c3ccc(Cl)cc3)CC2)nc2ccccc12)CCOCCOCCOCCOCCN(N)/C=C(\N)COc1ccc(CO)cc1. The van der Waals surface area contributed by atoms with Crippen LogP contribution in [0.2, 0.25) is 10.0 Å². The summed E-state index contributed by atoms with van der Waals surface area (Å²) in [6, 6.07) is 31.8. The van der Waals surface area contributed by atoms with Crippen LogP contribution in [0, 0.1) is 0 Å². The van der Waals surface area contributed by atoms with E-state index in [1.165, 1.54) is 16.1 Å². The van der Waals surface area contributed by atoms with E-state index in [0.29, 0.717) is 77.4 Å². The number of para-hydroxylation sites is 1. The van der Waals surface area contributed by atoms with Gasteiger partial charge in [0, 0.05) is 60.9 Å². The predicted octanol–water partition coefficient (Wildman–Crippen LogP) is 6.19. The molecular weight excluding hydrogens is 894 g/mol. The van der Waals surface area contributed by atoms with Gasteiger partial charge in [-0.3, -0.25) is 9.80 Å². The Hall–Kier alpha value is -4.62. The Balaban J connectivity index is 0.787. The van der Waals surface area contributed by atoms with Crippen molar-refractivity contribution in [2.75, 3.05) is 124 Å². The van der Waals surface area contributed by atoms with E-state index in [1.807, 2.05) is 36.4 Å². The van der Waals surface area contributed by atoms with Gasteiger partial charge in [-0.05, 0) is 85.2 Å². The summed E-state index contributed by atoms with van der Waals surface area (Å²) in [5.74, 6) is 8.36. The zero-order valence-corrected chi connectivity index (χ0v) is 40.1. The number of hydrogen-bond acceptors (Lipinski definition) is 15. The molecule has 15 nitrogen and oxygen atoms in total. The van der Waals surface area contributed by atoms with Crippen molar-refractivity contribution in [3.63, 3.8) is 0 Å². The van der Waals surface area contributed by atoms with Gasteiger partial charge in [0.05, 0.1) is 89.8 Å². The summed E-state index contributed by atoms with van der Waals surface area (Å²) in [4.78, 5) is 17.3. The summed E-state index contributed by atoms with van der Waals surface area (Å²) in [7, 11) is 2.12. The molecule has 1 fully saturated rings. The number of aromatic nitrogens is 2. The molecule has 1 aromatic heterocycles. The molecule has 0 radical (unpaired) electrons. The topological polar surface area (TPSA) is 169 Å². The molecule has 67 heavy (non-hydrogen) atoms. The second kappa shape index (κ2) is 28.6. The third kappa shape index (κ3) is 18.1. The lowest BCUT2D eigenvalue weighted by molar-refractivity contribution is -0.00445. The van der Waals surface area contributed by atoms with Gasteiger partial charge in [0.1, 0.15) is 24.0 Å². The second-order valence-electron chi connectivity index (χ2n) is 16.4. The van der Waals surface area contributed by atoms with Gasteiger partial charge in [0.2, 0.25) is 0 Å². The van der Waals surface area contributed by atoms with Crippen molar-refractivity contribution in [2.24, 2.45) is 11.6 Å². The lowest BCUT2D eigenvalue weighted by Crippen LogP contribution is -2.47. The molecule has 17 heteroatoms. The van der Waals surface area contributed by atoms with E-state index >= 15 is 0 Å². The fraction of sp³-hybridized carbons (Fsp3) is 0.440. The van der Waals surface area contributed by atoms with Crippen molar-refractivity contribution in [2.45, 2.75) is 25.6 Å². The number of likely N-dealkylation sites (N-methyl/N-ethyl adjacent to an activating group) is 1. The Morgan fingerprint density at radius 2 is 1.33 bits per heavy atom. The minimum atomic E-state index is -0.0117. The van der Waals surface area contributed by atoms with E-state index in [0.717, 1.165) is 90.4 Å². The van der Waals surface area contributed by atoms with Crippen molar-refractivity contribution in [1.82, 2.24) is 29.7 Å². The lowest BCUT2D eigenvalue weighted by atomic mass is 9.96. The van der Waals surface area contributed by atoms with Gasteiger partial charge in [-0.2, -0.15) is 0 Å². The Kier molecular flexibility index (Phi) is 22.1. The van der Waals surface area contributed by atoms with Crippen LogP contribution in [0.3, 0.4) is 0 Å². The molecule has 0 aliphatic carbocycles. The zero-order valence-electron chi connectivity index (χ0n) is 38.6. The Morgan fingerprint density at radius 1 is 0.746 bits per heavy atom. The van der Waals surface area contributed by atoms with Crippen LogP contribution in [0.15, 0.2) is 109 Å². The Morgan fingerprint density at radius 3 is 1.94 bits per heavy atom. The third-order valence-electron chi connectivity index (χ3n) is 11.2. The van der Waals surface area contributed by atoms with Crippen LogP contribution in [0.4, 0.5) is 5.82 Å². The van der Waals surface area contributed by atoms with Crippen LogP contribution in [-0.4, -0.2) is 154 Å². The van der Waals surface area contributed by atoms with Crippen LogP contribution in [0.5, 0.6) is 5.75 Å². The third-order valence-corrected chi connectivity index (χ3v) is 11.7. The molecule has 1 saturated heterocycles. The molecule has 1 aliphatic heterocycles. The number of anilines is 1. The summed E-state index contributed by atoms with van der Waals surface area (Å²) in [6.07, 6.45) is 2.58. The standard InChI is InChI=1S/C50H67Cl2N9O6/c1-58(25-27-63-29-31-65-33-34-66-32-30-64-28-26-61(54)35-44(53)38-67-45-17-7-39(37-62)8-18-45)20-4-19-55-50-46-5-2-3-6-47(46)56-48(57-50)36-59-21-23-60(24-22-59)49(40-9-13-42(51)14-10-40)41-11-15-43(52)16-12-41/h2-3,5-18,35,49,62H,4,19-34,36-38,53-54H2,1H3,(H,55,56,57)/b44-35-. The predicted molar refractivity (Wildman–Crippen MR) is 266 cm³/mol. The largest absolute Gasteiger partial charge is 0.487 e. The molecule has 2 heterocycles. The molecule has 0 bridgehead atoms. The fourth-order valence-electron chi connectivity index (χ4n) is 7.61. The first-order valence-electron chi connectivity index (χ1n) is 23.0. The molecule has 0 atom stereocenters. The highest BCUT2D eigenvalue weighted by molar-refractivity contribution is 6.30. The molecule has 0 amide bonds. The van der Waals surface area contributed by atoms with Gasteiger partial charge in [-0.15, -0.1) is 0 Å². The average Bonchev–Trinajstić information content (AvgIpc) is 3.34. The van der Waals surface area contributed by atoms with E-state index in [2.05, 4.69) is 63.5 Å². The van der Waals surface area contributed by atoms with Crippen molar-refractivity contribution in [3.05, 3.63) is 142 Å². The molecule has 1 aliphatic rings. The molecule has 0 spiro atoms. The quantitative estimate of drug-likeness (QED) is 0.0233. The van der Waals surface area contributed by atoms with Crippen LogP contribution in [0.25, 0.3) is 10.9 Å². The van der Waals surface area contributed by atoms with Crippen molar-refractivity contribution < 1.29 is 28.8 Å². The molecule has 4 aromatic carbocycles. The number of benzene rings is 4. The number of fused-ring (bicyclic) bond motifs is 1. The lowest BCUT2D eigenvalue weighted by Gasteiger charge is -2.39. The summed E-state index contributed by atoms with van der Waals surface area (Å²) in [5, 5.41) is 16.7. The van der Waals surface area contributed by atoms with Crippen molar-refractivity contribution >= 4 is 39.9 Å². The minimum absolute atomic E-state index is 0.0117. The number of piperazine rings is 1. The summed E-state index contributed by atoms with van der Waals surface area (Å²) in [6.45, 7) is 11.5. The number of hydrogen-bond donors (Lipinski definition) is 4. The van der Waals surface area contributed by atoms with Gasteiger partial charge >= 0.3 is 0 Å². The van der Waals surface area contributed by atoms with E-state index in [9.17, 15) is 0 Å². The van der Waals surface area contributed by atoms with Gasteiger partial charge in [-0.25, -0.2) is 15.8 Å². The number of rotatable bonds is 30. The van der Waals surface area contributed by atoms with Gasteiger partial charge in [0.15, 0.2) is 0 Å². The number of ether oxygens (including phenoxy) is 5. The normalized spacial score (nSPS) is 13.8. The van der Waals surface area contributed by atoms with Crippen LogP contribution in [0.1, 0.15) is 35.0 Å². The number of nitrogens with zero attached hydrogens (tertiary/aromatic N) is 6. The summed E-state index contributed by atoms with van der Waals surface area (Å²) in [5.41, 5.74) is 10.7. The maximum atomic E-state index is 9.14. The smallest absolute Gasteiger partial charge is 0.145 e. The fourth-order valence-corrected chi connectivity index (χ4v) is 7.86. The minimum Gasteiger partial charge on any atom is -0.487 e. The number of aliphatic hydroxyl groups excluding tert-OH is 1. The molecule has 6 rings (SSSR count). The Labute approximate surface area is 405 Å². The van der Waals surface area contributed by atoms with E-state index < -0.39 is 0 Å². The number of hydrazine groups is 1. The van der Waals surface area contributed by atoms with E-state index in [4.69, 9.17) is 73.5 Å². The number of aliphatic hydroxyl groups is 1.